The quantitative estimate of drug-likeness (QED) is 0.687. The molecule has 0 unspecified atom stereocenters. The van der Waals surface area contributed by atoms with E-state index in [-0.39, 0.29) is 6.04 Å². The number of methoxy groups -OCH3 is 1. The van der Waals surface area contributed by atoms with E-state index in [0.29, 0.717) is 12.5 Å². The molecular formula is C22H25N3O2. The average Bonchev–Trinajstić information content (AvgIpc) is 3.34. The van der Waals surface area contributed by atoms with Crippen LogP contribution in [-0.2, 0) is 11.2 Å². The van der Waals surface area contributed by atoms with Crippen molar-refractivity contribution in [1.82, 2.24) is 14.5 Å². The van der Waals surface area contributed by atoms with Crippen molar-refractivity contribution < 1.29 is 9.47 Å². The average molecular weight is 363 g/mol. The number of hydrogen-bond acceptors (Lipinski definition) is 4. The molecule has 2 aromatic heterocycles. The largest absolute Gasteiger partial charge is 0.496 e. The fraction of sp³-hybridized carbons (Fsp3) is 0.364. The fourth-order valence-electron chi connectivity index (χ4n) is 3.96. The van der Waals surface area contributed by atoms with Gasteiger partial charge in [0.15, 0.2) is 0 Å². The van der Waals surface area contributed by atoms with Crippen molar-refractivity contribution in [2.24, 2.45) is 5.92 Å². The normalized spacial score (nSPS) is 19.4. The summed E-state index contributed by atoms with van der Waals surface area (Å²) < 4.78 is 13.6. The van der Waals surface area contributed by atoms with Crippen LogP contribution in [0.4, 0.5) is 0 Å². The van der Waals surface area contributed by atoms with Gasteiger partial charge in [-0.15, -0.1) is 0 Å². The summed E-state index contributed by atoms with van der Waals surface area (Å²) in [5.41, 5.74) is 4.79. The maximum absolute atomic E-state index is 5.86. The molecule has 4 rings (SSSR count). The zero-order valence-corrected chi connectivity index (χ0v) is 16.1. The van der Waals surface area contributed by atoms with Crippen molar-refractivity contribution in [2.75, 3.05) is 20.3 Å². The van der Waals surface area contributed by atoms with Crippen molar-refractivity contribution in [1.29, 1.82) is 0 Å². The summed E-state index contributed by atoms with van der Waals surface area (Å²) in [5, 5.41) is 0. The van der Waals surface area contributed by atoms with Crippen LogP contribution >= 0.6 is 0 Å². The van der Waals surface area contributed by atoms with Crippen LogP contribution in [0.2, 0.25) is 0 Å². The molecule has 3 aromatic rings. The number of hydrogen-bond donors (Lipinski definition) is 0. The van der Waals surface area contributed by atoms with E-state index in [0.717, 1.165) is 35.7 Å². The predicted octanol–water partition coefficient (Wildman–Crippen LogP) is 4.00. The molecule has 0 saturated carbocycles. The molecule has 0 spiro atoms. The summed E-state index contributed by atoms with van der Waals surface area (Å²) >= 11 is 0. The van der Waals surface area contributed by atoms with E-state index >= 15 is 0 Å². The highest BCUT2D eigenvalue weighted by molar-refractivity contribution is 5.65. The number of pyridine rings is 1. The molecule has 0 amide bonds. The maximum atomic E-state index is 5.86. The molecule has 5 nitrogen and oxygen atoms in total. The van der Waals surface area contributed by atoms with Crippen molar-refractivity contribution >= 4 is 0 Å². The molecule has 1 fully saturated rings. The SMILES string of the molecule is COc1ccc(-c2nccn2[C@@H]2COC[C@H]2Cc2ccncc2)c(C)c1C. The minimum absolute atomic E-state index is 0.275. The summed E-state index contributed by atoms with van der Waals surface area (Å²) in [5.74, 6) is 2.32. The van der Waals surface area contributed by atoms with E-state index in [2.05, 4.69) is 52.8 Å². The molecule has 1 saturated heterocycles. The van der Waals surface area contributed by atoms with Gasteiger partial charge in [-0.3, -0.25) is 4.98 Å². The zero-order valence-electron chi connectivity index (χ0n) is 16.1. The molecule has 1 aliphatic rings. The maximum Gasteiger partial charge on any atom is 0.140 e. The Balaban J connectivity index is 1.66. The number of benzene rings is 1. The van der Waals surface area contributed by atoms with Crippen LogP contribution in [0.5, 0.6) is 5.75 Å². The van der Waals surface area contributed by atoms with E-state index < -0.39 is 0 Å². The lowest BCUT2D eigenvalue weighted by Crippen LogP contribution is -2.20. The van der Waals surface area contributed by atoms with Gasteiger partial charge in [-0.05, 0) is 61.2 Å². The molecule has 0 N–H and O–H groups in total. The molecule has 5 heteroatoms. The third-order valence-electron chi connectivity index (χ3n) is 5.64. The monoisotopic (exact) mass is 363 g/mol. The van der Waals surface area contributed by atoms with Gasteiger partial charge >= 0.3 is 0 Å². The third kappa shape index (κ3) is 3.35. The molecule has 2 atom stereocenters. The van der Waals surface area contributed by atoms with Crippen LogP contribution in [0.15, 0.2) is 49.1 Å². The molecule has 1 aliphatic heterocycles. The highest BCUT2D eigenvalue weighted by Gasteiger charge is 2.31. The lowest BCUT2D eigenvalue weighted by Gasteiger charge is -2.22. The summed E-state index contributed by atoms with van der Waals surface area (Å²) in [6.07, 6.45) is 8.65. The van der Waals surface area contributed by atoms with Crippen LogP contribution in [0.25, 0.3) is 11.4 Å². The first-order valence-corrected chi connectivity index (χ1v) is 9.33. The van der Waals surface area contributed by atoms with Crippen molar-refractivity contribution in [3.63, 3.8) is 0 Å². The number of imidazole rings is 1. The number of ether oxygens (including phenoxy) is 2. The standard InChI is InChI=1S/C22H25N3O2/c1-15-16(2)21(26-3)5-4-19(15)22-24-10-11-25(22)20-14-27-13-18(20)12-17-6-8-23-9-7-17/h4-11,18,20H,12-14H2,1-3H3/t18-,20-/m1/s1. The van der Waals surface area contributed by atoms with Gasteiger partial charge in [0.2, 0.25) is 0 Å². The van der Waals surface area contributed by atoms with Gasteiger partial charge in [-0.2, -0.15) is 0 Å². The lowest BCUT2D eigenvalue weighted by atomic mass is 9.94. The lowest BCUT2D eigenvalue weighted by molar-refractivity contribution is 0.181. The molecule has 27 heavy (non-hydrogen) atoms. The van der Waals surface area contributed by atoms with Crippen LogP contribution < -0.4 is 4.74 Å². The Morgan fingerprint density at radius 2 is 1.89 bits per heavy atom. The predicted molar refractivity (Wildman–Crippen MR) is 105 cm³/mol. The highest BCUT2D eigenvalue weighted by Crippen LogP contribution is 2.35. The molecule has 1 aromatic carbocycles. The number of aromatic nitrogens is 3. The molecule has 0 aliphatic carbocycles. The first-order valence-electron chi connectivity index (χ1n) is 9.33. The van der Waals surface area contributed by atoms with E-state index in [1.807, 2.05) is 24.7 Å². The number of rotatable bonds is 5. The van der Waals surface area contributed by atoms with Gasteiger partial charge in [0.25, 0.3) is 0 Å². The first kappa shape index (κ1) is 17.7. The molecule has 0 bridgehead atoms. The minimum atomic E-state index is 0.275. The topological polar surface area (TPSA) is 49.2 Å². The van der Waals surface area contributed by atoms with Crippen LogP contribution in [0, 0.1) is 19.8 Å². The highest BCUT2D eigenvalue weighted by atomic mass is 16.5. The van der Waals surface area contributed by atoms with Crippen LogP contribution in [0.3, 0.4) is 0 Å². The zero-order chi connectivity index (χ0) is 18.8. The van der Waals surface area contributed by atoms with Gasteiger partial charge in [0, 0.05) is 36.3 Å². The van der Waals surface area contributed by atoms with E-state index in [4.69, 9.17) is 9.47 Å². The van der Waals surface area contributed by atoms with Crippen LogP contribution in [-0.4, -0.2) is 34.9 Å². The number of nitrogens with zero attached hydrogens (tertiary/aromatic N) is 3. The Bertz CT molecular complexity index is 921. The Morgan fingerprint density at radius 3 is 2.67 bits per heavy atom. The van der Waals surface area contributed by atoms with E-state index in [1.54, 1.807) is 7.11 Å². The summed E-state index contributed by atoms with van der Waals surface area (Å²) in [4.78, 5) is 8.80. The third-order valence-corrected chi connectivity index (χ3v) is 5.64. The minimum Gasteiger partial charge on any atom is -0.496 e. The second-order valence-corrected chi connectivity index (χ2v) is 7.15. The van der Waals surface area contributed by atoms with Gasteiger partial charge in [0.1, 0.15) is 11.6 Å². The first-order chi connectivity index (χ1) is 13.2. The second-order valence-electron chi connectivity index (χ2n) is 7.15. The van der Waals surface area contributed by atoms with Crippen molar-refractivity contribution in [3.8, 4) is 17.1 Å². The Morgan fingerprint density at radius 1 is 1.07 bits per heavy atom. The molecule has 0 radical (unpaired) electrons. The fourth-order valence-corrected chi connectivity index (χ4v) is 3.96. The molecular weight excluding hydrogens is 338 g/mol. The summed E-state index contributed by atoms with van der Waals surface area (Å²) in [6, 6.07) is 8.57. The Labute approximate surface area is 160 Å². The molecule has 140 valence electrons. The smallest absolute Gasteiger partial charge is 0.140 e. The van der Waals surface area contributed by atoms with Crippen molar-refractivity contribution in [3.05, 3.63) is 65.7 Å². The van der Waals surface area contributed by atoms with Gasteiger partial charge in [-0.1, -0.05) is 0 Å². The van der Waals surface area contributed by atoms with Gasteiger partial charge in [-0.25, -0.2) is 4.98 Å². The second kappa shape index (κ2) is 7.53. The van der Waals surface area contributed by atoms with Gasteiger partial charge < -0.3 is 14.0 Å². The van der Waals surface area contributed by atoms with E-state index in [9.17, 15) is 0 Å². The van der Waals surface area contributed by atoms with Crippen molar-refractivity contribution in [2.45, 2.75) is 26.3 Å². The summed E-state index contributed by atoms with van der Waals surface area (Å²) in [6.45, 7) is 5.71. The summed E-state index contributed by atoms with van der Waals surface area (Å²) in [7, 11) is 1.71. The van der Waals surface area contributed by atoms with E-state index in [1.165, 1.54) is 11.1 Å². The molecule has 3 heterocycles. The Kier molecular flexibility index (Phi) is 4.94. The Hall–Kier alpha value is -2.66. The van der Waals surface area contributed by atoms with Gasteiger partial charge in [0.05, 0.1) is 26.4 Å². The van der Waals surface area contributed by atoms with Crippen LogP contribution in [0.1, 0.15) is 22.7 Å².